The zero-order valence-corrected chi connectivity index (χ0v) is 6.91. The van der Waals surface area contributed by atoms with Gasteiger partial charge in [0.15, 0.2) is 0 Å². The van der Waals surface area contributed by atoms with Crippen molar-refractivity contribution in [3.63, 3.8) is 0 Å². The van der Waals surface area contributed by atoms with Crippen molar-refractivity contribution in [2.45, 2.75) is 40.5 Å². The molecule has 0 aromatic heterocycles. The molecule has 0 N–H and O–H groups in total. The molecular formula is C9H16. The molecule has 0 aromatic rings. The molecule has 0 radical (unpaired) electrons. The van der Waals surface area contributed by atoms with E-state index in [4.69, 9.17) is 0 Å². The van der Waals surface area contributed by atoms with Crippen LogP contribution in [0.2, 0.25) is 0 Å². The van der Waals surface area contributed by atoms with Gasteiger partial charge in [-0.25, -0.2) is 0 Å². The first-order valence-electron chi connectivity index (χ1n) is 4.02. The average Bonchev–Trinajstić information content (AvgIpc) is 2.48. The van der Waals surface area contributed by atoms with Crippen LogP contribution in [-0.2, 0) is 0 Å². The molecular weight excluding hydrogens is 108 g/mol. The Balaban J connectivity index is 2.26. The summed E-state index contributed by atoms with van der Waals surface area (Å²) in [7, 11) is 0. The minimum absolute atomic E-state index is 0.722. The summed E-state index contributed by atoms with van der Waals surface area (Å²) in [6, 6.07) is 0. The maximum absolute atomic E-state index is 2.44. The lowest BCUT2D eigenvalue weighted by atomic mass is 9.84. The maximum atomic E-state index is 2.44. The van der Waals surface area contributed by atoms with Gasteiger partial charge in [0, 0.05) is 0 Å². The molecule has 0 bridgehead atoms. The van der Waals surface area contributed by atoms with Gasteiger partial charge in [0.2, 0.25) is 0 Å². The maximum Gasteiger partial charge on any atom is -0.0202 e. The molecule has 2 saturated carbocycles. The number of rotatable bonds is 1. The summed E-state index contributed by atoms with van der Waals surface area (Å²) in [6.45, 7) is 9.64. The van der Waals surface area contributed by atoms with Crippen LogP contribution in [-0.4, -0.2) is 0 Å². The predicted molar refractivity (Wildman–Crippen MR) is 39.2 cm³/mol. The average molecular weight is 124 g/mol. The lowest BCUT2D eigenvalue weighted by molar-refractivity contribution is 0.293. The first kappa shape index (κ1) is 5.76. The Labute approximate surface area is 57.6 Å². The summed E-state index contributed by atoms with van der Waals surface area (Å²) < 4.78 is 0. The molecule has 52 valence electrons. The molecule has 2 rings (SSSR count). The lowest BCUT2D eigenvalue weighted by Crippen LogP contribution is -2.11. The van der Waals surface area contributed by atoms with Crippen LogP contribution in [0.4, 0.5) is 0 Å². The van der Waals surface area contributed by atoms with Crippen molar-refractivity contribution in [2.75, 3.05) is 0 Å². The van der Waals surface area contributed by atoms with Gasteiger partial charge in [0.05, 0.1) is 0 Å². The van der Waals surface area contributed by atoms with Gasteiger partial charge in [-0.2, -0.15) is 0 Å². The summed E-state index contributed by atoms with van der Waals surface area (Å²) in [5, 5.41) is 0. The number of hydrogen-bond acceptors (Lipinski definition) is 0. The highest BCUT2D eigenvalue weighted by molar-refractivity contribution is 5.38. The predicted octanol–water partition coefficient (Wildman–Crippen LogP) is 2.83. The molecule has 0 amide bonds. The molecule has 0 aliphatic heterocycles. The van der Waals surface area contributed by atoms with Crippen molar-refractivity contribution < 1.29 is 0 Å². The van der Waals surface area contributed by atoms with Crippen molar-refractivity contribution in [1.82, 2.24) is 0 Å². The fourth-order valence-corrected chi connectivity index (χ4v) is 3.14. The van der Waals surface area contributed by atoms with Crippen molar-refractivity contribution in [3.05, 3.63) is 0 Å². The minimum atomic E-state index is 0.722. The van der Waals surface area contributed by atoms with Gasteiger partial charge >= 0.3 is 0 Å². The highest BCUT2D eigenvalue weighted by Gasteiger charge is 2.91. The van der Waals surface area contributed by atoms with Crippen LogP contribution < -0.4 is 0 Å². The molecule has 0 heteroatoms. The molecule has 0 saturated heterocycles. The lowest BCUT2D eigenvalue weighted by Gasteiger charge is -2.20. The van der Waals surface area contributed by atoms with E-state index in [1.54, 1.807) is 0 Å². The van der Waals surface area contributed by atoms with Crippen LogP contribution in [0.25, 0.3) is 0 Å². The van der Waals surface area contributed by atoms with Crippen LogP contribution >= 0.6 is 0 Å². The topological polar surface area (TPSA) is 0 Å². The zero-order chi connectivity index (χ0) is 6.91. The van der Waals surface area contributed by atoms with E-state index in [0.717, 1.165) is 16.2 Å². The highest BCUT2D eigenvalue weighted by atomic mass is 14.9. The molecule has 2 fully saturated rings. The molecule has 2 unspecified atom stereocenters. The highest BCUT2D eigenvalue weighted by Crippen LogP contribution is 2.97. The summed E-state index contributed by atoms with van der Waals surface area (Å²) in [5.41, 5.74) is 2.24. The quantitative estimate of drug-likeness (QED) is 0.504. The van der Waals surface area contributed by atoms with Crippen LogP contribution in [0, 0.1) is 16.2 Å². The first-order chi connectivity index (χ1) is 4.02. The van der Waals surface area contributed by atoms with Crippen molar-refractivity contribution >= 4 is 0 Å². The molecule has 9 heavy (non-hydrogen) atoms. The molecule has 2 aliphatic rings. The second-order valence-electron chi connectivity index (χ2n) is 4.53. The summed E-state index contributed by atoms with van der Waals surface area (Å²) in [5.74, 6) is 0. The van der Waals surface area contributed by atoms with Gasteiger partial charge < -0.3 is 0 Å². The van der Waals surface area contributed by atoms with E-state index in [1.165, 1.54) is 12.8 Å². The standard InChI is InChI=1S/C9H16/c1-5-7(2)8(3)6-9(7,8)4/h5-6H2,1-4H3. The number of hydrogen-bond donors (Lipinski definition) is 0. The van der Waals surface area contributed by atoms with Crippen LogP contribution in [0.5, 0.6) is 0 Å². The third-order valence-electron chi connectivity index (χ3n) is 4.88. The molecule has 2 aliphatic carbocycles. The number of fused-ring (bicyclic) bond motifs is 1. The second-order valence-corrected chi connectivity index (χ2v) is 4.53. The summed E-state index contributed by atoms with van der Waals surface area (Å²) >= 11 is 0. The van der Waals surface area contributed by atoms with E-state index in [0.29, 0.717) is 0 Å². The van der Waals surface area contributed by atoms with Gasteiger partial charge in [-0.1, -0.05) is 27.7 Å². The Hall–Kier alpha value is 0. The van der Waals surface area contributed by atoms with E-state index >= 15 is 0 Å². The molecule has 0 nitrogen and oxygen atoms in total. The van der Waals surface area contributed by atoms with Crippen molar-refractivity contribution in [2.24, 2.45) is 16.2 Å². The van der Waals surface area contributed by atoms with Gasteiger partial charge in [0.25, 0.3) is 0 Å². The van der Waals surface area contributed by atoms with E-state index in [-0.39, 0.29) is 0 Å². The van der Waals surface area contributed by atoms with Crippen molar-refractivity contribution in [3.8, 4) is 0 Å². The van der Waals surface area contributed by atoms with Gasteiger partial charge in [-0.05, 0) is 29.1 Å². The summed E-state index contributed by atoms with van der Waals surface area (Å²) in [6.07, 6.45) is 2.87. The Morgan fingerprint density at radius 2 is 1.56 bits per heavy atom. The van der Waals surface area contributed by atoms with E-state index in [9.17, 15) is 0 Å². The van der Waals surface area contributed by atoms with Gasteiger partial charge in [-0.3, -0.25) is 0 Å². The SMILES string of the molecule is CCC1(C)C2(C)CC12C. The second kappa shape index (κ2) is 0.980. The van der Waals surface area contributed by atoms with Crippen molar-refractivity contribution in [1.29, 1.82) is 0 Å². The van der Waals surface area contributed by atoms with Crippen LogP contribution in [0.1, 0.15) is 40.5 Å². The Morgan fingerprint density at radius 1 is 1.11 bits per heavy atom. The smallest absolute Gasteiger partial charge is 0.0202 e. The fourth-order valence-electron chi connectivity index (χ4n) is 3.14. The largest absolute Gasteiger partial charge is 0.0648 e. The Bertz CT molecular complexity index is 157. The third kappa shape index (κ3) is 0.281. The Morgan fingerprint density at radius 3 is 1.56 bits per heavy atom. The van der Waals surface area contributed by atoms with Gasteiger partial charge in [0.1, 0.15) is 0 Å². The monoisotopic (exact) mass is 124 g/mol. The molecule has 2 atom stereocenters. The molecule has 0 heterocycles. The molecule has 0 spiro atoms. The Kier molecular flexibility index (Phi) is 0.627. The van der Waals surface area contributed by atoms with E-state index in [1.807, 2.05) is 0 Å². The van der Waals surface area contributed by atoms with Gasteiger partial charge in [-0.15, -0.1) is 0 Å². The third-order valence-corrected chi connectivity index (χ3v) is 4.88. The molecule has 0 aromatic carbocycles. The van der Waals surface area contributed by atoms with E-state index in [2.05, 4.69) is 27.7 Å². The van der Waals surface area contributed by atoms with Crippen LogP contribution in [0.15, 0.2) is 0 Å². The first-order valence-corrected chi connectivity index (χ1v) is 4.02. The fraction of sp³-hybridized carbons (Fsp3) is 1.00. The zero-order valence-electron chi connectivity index (χ0n) is 6.91. The van der Waals surface area contributed by atoms with Crippen LogP contribution in [0.3, 0.4) is 0 Å². The normalized spacial score (nSPS) is 69.3. The van der Waals surface area contributed by atoms with E-state index < -0.39 is 0 Å². The summed E-state index contributed by atoms with van der Waals surface area (Å²) in [4.78, 5) is 0. The minimum Gasteiger partial charge on any atom is -0.0648 e.